The van der Waals surface area contributed by atoms with E-state index in [1.54, 1.807) is 0 Å². The number of benzene rings is 1. The van der Waals surface area contributed by atoms with Crippen LogP contribution >= 0.6 is 0 Å². The SMILES string of the molecule is CCc1c[c-]ccc1CCC(=O)OC.[W]. The molecule has 0 N–H and O–H groups in total. The summed E-state index contributed by atoms with van der Waals surface area (Å²) < 4.78 is 4.60. The summed E-state index contributed by atoms with van der Waals surface area (Å²) in [5.74, 6) is -0.153. The molecule has 0 fully saturated rings. The monoisotopic (exact) mass is 375 g/mol. The second kappa shape index (κ2) is 7.64. The van der Waals surface area contributed by atoms with Crippen molar-refractivity contribution in [3.8, 4) is 0 Å². The van der Waals surface area contributed by atoms with Crippen molar-refractivity contribution in [2.75, 3.05) is 7.11 Å². The van der Waals surface area contributed by atoms with Crippen molar-refractivity contribution in [1.82, 2.24) is 0 Å². The summed E-state index contributed by atoms with van der Waals surface area (Å²) >= 11 is 0. The number of carbonyl (C=O) groups is 1. The van der Waals surface area contributed by atoms with E-state index in [9.17, 15) is 4.79 Å². The zero-order valence-electron chi connectivity index (χ0n) is 9.08. The molecule has 0 atom stereocenters. The number of hydrogen-bond acceptors (Lipinski definition) is 2. The largest absolute Gasteiger partial charge is 0.469 e. The van der Waals surface area contributed by atoms with Gasteiger partial charge in [0.1, 0.15) is 0 Å². The number of carbonyl (C=O) groups excluding carboxylic acids is 1. The quantitative estimate of drug-likeness (QED) is 0.596. The minimum Gasteiger partial charge on any atom is -0.469 e. The fourth-order valence-corrected chi connectivity index (χ4v) is 1.41. The van der Waals surface area contributed by atoms with Gasteiger partial charge in [-0.05, 0) is 6.42 Å². The van der Waals surface area contributed by atoms with Gasteiger partial charge >= 0.3 is 5.97 Å². The van der Waals surface area contributed by atoms with Crippen LogP contribution in [0.25, 0.3) is 0 Å². The van der Waals surface area contributed by atoms with E-state index in [0.717, 1.165) is 12.8 Å². The van der Waals surface area contributed by atoms with Crippen LogP contribution in [0, 0.1) is 6.07 Å². The zero-order chi connectivity index (χ0) is 10.4. The van der Waals surface area contributed by atoms with Gasteiger partial charge in [0, 0.05) is 27.5 Å². The molecule has 0 spiro atoms. The Morgan fingerprint density at radius 2 is 2.20 bits per heavy atom. The Balaban J connectivity index is 0.00000196. The first kappa shape index (κ1) is 14.4. The van der Waals surface area contributed by atoms with E-state index < -0.39 is 0 Å². The van der Waals surface area contributed by atoms with Gasteiger partial charge in [-0.1, -0.05) is 13.3 Å². The van der Waals surface area contributed by atoms with Gasteiger partial charge in [-0.2, -0.15) is 35.4 Å². The van der Waals surface area contributed by atoms with E-state index in [-0.39, 0.29) is 27.0 Å². The molecule has 1 aromatic rings. The van der Waals surface area contributed by atoms with Crippen LogP contribution in [0.4, 0.5) is 0 Å². The number of hydrogen-bond donors (Lipinski definition) is 0. The maximum absolute atomic E-state index is 11.0. The molecule has 1 rings (SSSR count). The average Bonchev–Trinajstić information content (AvgIpc) is 2.26. The summed E-state index contributed by atoms with van der Waals surface area (Å²) in [6.45, 7) is 2.10. The minimum atomic E-state index is -0.153. The molecule has 0 radical (unpaired) electrons. The van der Waals surface area contributed by atoms with Crippen molar-refractivity contribution in [3.05, 3.63) is 35.4 Å². The molecule has 0 aliphatic heterocycles. The van der Waals surface area contributed by atoms with Crippen LogP contribution in [0.2, 0.25) is 0 Å². The first-order valence-corrected chi connectivity index (χ1v) is 4.82. The van der Waals surface area contributed by atoms with E-state index in [1.807, 2.05) is 18.2 Å². The molecule has 2 nitrogen and oxygen atoms in total. The van der Waals surface area contributed by atoms with E-state index in [4.69, 9.17) is 0 Å². The van der Waals surface area contributed by atoms with Gasteiger partial charge in [-0.15, -0.1) is 0 Å². The Labute approximate surface area is 105 Å². The summed E-state index contributed by atoms with van der Waals surface area (Å²) in [7, 11) is 1.42. The smallest absolute Gasteiger partial charge is 0.305 e. The maximum Gasteiger partial charge on any atom is 0.305 e. The van der Waals surface area contributed by atoms with Crippen molar-refractivity contribution in [3.63, 3.8) is 0 Å². The standard InChI is InChI=1S/C12H15O2.W/c1-3-10-6-4-5-7-11(10)8-9-12(13)14-2;/h5-7H,3,8-9H2,1-2H3;/q-1;. The van der Waals surface area contributed by atoms with Crippen molar-refractivity contribution in [2.24, 2.45) is 0 Å². The third-order valence-corrected chi connectivity index (χ3v) is 2.26. The molecular weight excluding hydrogens is 360 g/mol. The predicted molar refractivity (Wildman–Crippen MR) is 55.0 cm³/mol. The van der Waals surface area contributed by atoms with Crippen LogP contribution < -0.4 is 0 Å². The first-order valence-electron chi connectivity index (χ1n) is 4.82. The average molecular weight is 375 g/mol. The molecule has 82 valence electrons. The third kappa shape index (κ3) is 4.61. The van der Waals surface area contributed by atoms with Gasteiger partial charge in [0.25, 0.3) is 0 Å². The number of esters is 1. The van der Waals surface area contributed by atoms with Crippen LogP contribution in [-0.4, -0.2) is 13.1 Å². The van der Waals surface area contributed by atoms with Crippen LogP contribution in [0.5, 0.6) is 0 Å². The molecule has 3 heteroatoms. The van der Waals surface area contributed by atoms with Crippen LogP contribution in [0.15, 0.2) is 18.2 Å². The van der Waals surface area contributed by atoms with Gasteiger partial charge in [-0.3, -0.25) is 4.79 Å². The molecule has 0 aliphatic carbocycles. The van der Waals surface area contributed by atoms with Gasteiger partial charge < -0.3 is 4.74 Å². The molecular formula is C12H15O2W-. The Morgan fingerprint density at radius 1 is 1.47 bits per heavy atom. The second-order valence-electron chi connectivity index (χ2n) is 3.12. The zero-order valence-corrected chi connectivity index (χ0v) is 12.0. The van der Waals surface area contributed by atoms with Crippen LogP contribution in [-0.2, 0) is 43.4 Å². The third-order valence-electron chi connectivity index (χ3n) is 2.26. The number of rotatable bonds is 4. The van der Waals surface area contributed by atoms with Crippen molar-refractivity contribution in [2.45, 2.75) is 26.2 Å². The number of aryl methyl sites for hydroxylation is 2. The molecule has 0 unspecified atom stereocenters. The van der Waals surface area contributed by atoms with E-state index in [1.165, 1.54) is 18.2 Å². The topological polar surface area (TPSA) is 26.3 Å². The summed E-state index contributed by atoms with van der Waals surface area (Å²) in [5, 5.41) is 0. The van der Waals surface area contributed by atoms with E-state index in [2.05, 4.69) is 17.7 Å². The Kier molecular flexibility index (Phi) is 7.32. The summed E-state index contributed by atoms with van der Waals surface area (Å²) in [6.07, 6.45) is 2.19. The van der Waals surface area contributed by atoms with Gasteiger partial charge in [-0.25, -0.2) is 0 Å². The molecule has 0 amide bonds. The van der Waals surface area contributed by atoms with Gasteiger partial charge in [0.15, 0.2) is 0 Å². The minimum absolute atomic E-state index is 0. The predicted octanol–water partition coefficient (Wildman–Crippen LogP) is 2.15. The molecule has 0 aliphatic rings. The van der Waals surface area contributed by atoms with Crippen molar-refractivity contribution in [1.29, 1.82) is 0 Å². The molecule has 0 saturated heterocycles. The van der Waals surface area contributed by atoms with Gasteiger partial charge in [0.05, 0.1) is 7.11 Å². The van der Waals surface area contributed by atoms with E-state index >= 15 is 0 Å². The molecule has 0 heterocycles. The number of ether oxygens (including phenoxy) is 1. The summed E-state index contributed by atoms with van der Waals surface area (Å²) in [5.41, 5.74) is 2.48. The van der Waals surface area contributed by atoms with Crippen LogP contribution in [0.3, 0.4) is 0 Å². The number of methoxy groups -OCH3 is 1. The Morgan fingerprint density at radius 3 is 2.80 bits per heavy atom. The molecule has 0 saturated carbocycles. The Hall–Kier alpha value is -0.622. The summed E-state index contributed by atoms with van der Waals surface area (Å²) in [4.78, 5) is 11.0. The molecule has 0 bridgehead atoms. The Bertz CT molecular complexity index is 310. The first-order chi connectivity index (χ1) is 6.77. The fraction of sp³-hybridized carbons (Fsp3) is 0.417. The second-order valence-corrected chi connectivity index (χ2v) is 3.12. The van der Waals surface area contributed by atoms with Crippen molar-refractivity contribution < 1.29 is 30.6 Å². The maximum atomic E-state index is 11.0. The fourth-order valence-electron chi connectivity index (χ4n) is 1.41. The van der Waals surface area contributed by atoms with Crippen LogP contribution in [0.1, 0.15) is 24.5 Å². The normalized spacial score (nSPS) is 9.20. The van der Waals surface area contributed by atoms with E-state index in [0.29, 0.717) is 6.42 Å². The van der Waals surface area contributed by atoms with Crippen molar-refractivity contribution >= 4 is 5.97 Å². The summed E-state index contributed by atoms with van der Waals surface area (Å²) in [6, 6.07) is 8.91. The molecule has 15 heavy (non-hydrogen) atoms. The molecule has 1 aromatic carbocycles. The van der Waals surface area contributed by atoms with Gasteiger partial charge in [0.2, 0.25) is 0 Å². The molecule has 0 aromatic heterocycles.